The zero-order valence-corrected chi connectivity index (χ0v) is 18.7. The number of hydrogen-bond donors (Lipinski definition) is 1. The number of aromatic nitrogens is 2. The molecular formula is C24H31ClN4. The molecule has 0 amide bonds. The maximum Gasteiger partial charge on any atom is 0.140 e. The quantitative estimate of drug-likeness (QED) is 0.686. The summed E-state index contributed by atoms with van der Waals surface area (Å²) in [6, 6.07) is 6.82. The van der Waals surface area contributed by atoms with E-state index in [0.717, 1.165) is 49.6 Å². The summed E-state index contributed by atoms with van der Waals surface area (Å²) in [6.07, 6.45) is 6.25. The summed E-state index contributed by atoms with van der Waals surface area (Å²) in [4.78, 5) is 12.1. The van der Waals surface area contributed by atoms with E-state index in [0.29, 0.717) is 12.0 Å². The number of fused-ring (bicyclic) bond motifs is 3. The summed E-state index contributed by atoms with van der Waals surface area (Å²) >= 11 is 6.54. The van der Waals surface area contributed by atoms with Crippen molar-refractivity contribution in [2.45, 2.75) is 70.8 Å². The zero-order valence-electron chi connectivity index (χ0n) is 17.9. The van der Waals surface area contributed by atoms with Gasteiger partial charge < -0.3 is 10.2 Å². The molecule has 3 heterocycles. The Kier molecular flexibility index (Phi) is 4.45. The van der Waals surface area contributed by atoms with Gasteiger partial charge in [0.2, 0.25) is 0 Å². The van der Waals surface area contributed by atoms with E-state index in [-0.39, 0.29) is 10.8 Å². The SMILES string of the molecule is C[C@@H]1CCc2ncnc(N3c4ccc(Cl)cc4C4(CCNCC4)C3C(C)(C)C)c21. The number of benzene rings is 1. The largest absolute Gasteiger partial charge is 0.321 e. The van der Waals surface area contributed by atoms with Gasteiger partial charge in [0.05, 0.1) is 6.04 Å². The summed E-state index contributed by atoms with van der Waals surface area (Å²) in [5.41, 5.74) is 5.46. The van der Waals surface area contributed by atoms with Crippen molar-refractivity contribution in [2.24, 2.45) is 5.41 Å². The van der Waals surface area contributed by atoms with Gasteiger partial charge in [-0.1, -0.05) is 39.3 Å². The Morgan fingerprint density at radius 1 is 1.17 bits per heavy atom. The third-order valence-electron chi connectivity index (χ3n) is 7.33. The van der Waals surface area contributed by atoms with Crippen molar-refractivity contribution in [1.29, 1.82) is 0 Å². The highest BCUT2D eigenvalue weighted by molar-refractivity contribution is 6.30. The highest BCUT2D eigenvalue weighted by atomic mass is 35.5. The first-order valence-corrected chi connectivity index (χ1v) is 11.3. The van der Waals surface area contributed by atoms with Crippen molar-refractivity contribution < 1.29 is 0 Å². The van der Waals surface area contributed by atoms with Gasteiger partial charge in [-0.3, -0.25) is 0 Å². The van der Waals surface area contributed by atoms with E-state index in [4.69, 9.17) is 16.6 Å². The van der Waals surface area contributed by atoms with E-state index in [2.05, 4.69) is 55.0 Å². The third-order valence-corrected chi connectivity index (χ3v) is 7.57. The summed E-state index contributed by atoms with van der Waals surface area (Å²) in [5.74, 6) is 1.63. The van der Waals surface area contributed by atoms with Gasteiger partial charge in [-0.05, 0) is 73.9 Å². The van der Waals surface area contributed by atoms with Gasteiger partial charge in [-0.2, -0.15) is 0 Å². The molecule has 154 valence electrons. The van der Waals surface area contributed by atoms with E-state index in [1.165, 1.54) is 22.5 Å². The Balaban J connectivity index is 1.79. The van der Waals surface area contributed by atoms with Crippen LogP contribution in [0.3, 0.4) is 0 Å². The lowest BCUT2D eigenvalue weighted by Crippen LogP contribution is -2.55. The number of halogens is 1. The Morgan fingerprint density at radius 3 is 2.66 bits per heavy atom. The number of aryl methyl sites for hydroxylation is 1. The molecule has 1 aromatic heterocycles. The van der Waals surface area contributed by atoms with Crippen molar-refractivity contribution in [3.8, 4) is 0 Å². The minimum absolute atomic E-state index is 0.0858. The topological polar surface area (TPSA) is 41.1 Å². The standard InChI is InChI=1S/C24H31ClN4/c1-15-5-7-18-20(15)21(28-14-27-18)29-19-8-6-16(25)13-17(19)24(9-11-26-12-10-24)22(29)23(2,3)4/h6,8,13-15,22,26H,5,7,9-12H2,1-4H3/t15-,22?/m1/s1. The Labute approximate surface area is 179 Å². The summed E-state index contributed by atoms with van der Waals surface area (Å²) in [7, 11) is 0. The maximum atomic E-state index is 6.54. The molecule has 2 aliphatic heterocycles. The highest BCUT2D eigenvalue weighted by Gasteiger charge is 2.56. The first-order valence-electron chi connectivity index (χ1n) is 11.0. The normalized spacial score (nSPS) is 25.3. The van der Waals surface area contributed by atoms with Crippen LogP contribution in [0.2, 0.25) is 5.02 Å². The van der Waals surface area contributed by atoms with E-state index in [1.54, 1.807) is 6.33 Å². The van der Waals surface area contributed by atoms with E-state index >= 15 is 0 Å². The van der Waals surface area contributed by atoms with Crippen LogP contribution < -0.4 is 10.2 Å². The molecule has 0 bridgehead atoms. The van der Waals surface area contributed by atoms with Crippen LogP contribution in [0.25, 0.3) is 0 Å². The molecule has 0 radical (unpaired) electrons. The van der Waals surface area contributed by atoms with Gasteiger partial charge in [0.15, 0.2) is 0 Å². The van der Waals surface area contributed by atoms with Gasteiger partial charge in [0.25, 0.3) is 0 Å². The number of rotatable bonds is 1. The summed E-state index contributed by atoms with van der Waals surface area (Å²) in [6.45, 7) is 11.6. The van der Waals surface area contributed by atoms with Crippen molar-refractivity contribution in [3.63, 3.8) is 0 Å². The Hall–Kier alpha value is -1.65. The molecule has 29 heavy (non-hydrogen) atoms. The minimum Gasteiger partial charge on any atom is -0.321 e. The van der Waals surface area contributed by atoms with Crippen LogP contribution in [0.15, 0.2) is 24.5 Å². The van der Waals surface area contributed by atoms with E-state index in [1.807, 2.05) is 6.07 Å². The molecule has 1 aliphatic carbocycles. The smallest absolute Gasteiger partial charge is 0.140 e. The van der Waals surface area contributed by atoms with Crippen LogP contribution in [0.5, 0.6) is 0 Å². The maximum absolute atomic E-state index is 6.54. The second kappa shape index (κ2) is 6.68. The summed E-state index contributed by atoms with van der Waals surface area (Å²) < 4.78 is 0. The second-order valence-corrected chi connectivity index (χ2v) is 10.6. The first kappa shape index (κ1) is 19.3. The molecule has 2 atom stereocenters. The van der Waals surface area contributed by atoms with Crippen molar-refractivity contribution >= 4 is 23.1 Å². The van der Waals surface area contributed by atoms with Crippen LogP contribution in [0.1, 0.15) is 69.7 Å². The molecule has 5 rings (SSSR count). The number of nitrogens with one attached hydrogen (secondary N) is 1. The van der Waals surface area contributed by atoms with Crippen LogP contribution in [0, 0.1) is 5.41 Å². The van der Waals surface area contributed by atoms with E-state index in [9.17, 15) is 0 Å². The molecule has 2 aromatic rings. The van der Waals surface area contributed by atoms with Gasteiger partial charge >= 0.3 is 0 Å². The molecule has 1 fully saturated rings. The monoisotopic (exact) mass is 410 g/mol. The number of nitrogens with zero attached hydrogens (tertiary/aromatic N) is 3. The molecule has 1 unspecified atom stereocenters. The average molecular weight is 411 g/mol. The van der Waals surface area contributed by atoms with Gasteiger partial charge in [0.1, 0.15) is 12.1 Å². The summed E-state index contributed by atoms with van der Waals surface area (Å²) in [5, 5.41) is 4.41. The van der Waals surface area contributed by atoms with E-state index < -0.39 is 0 Å². The number of hydrogen-bond acceptors (Lipinski definition) is 4. The van der Waals surface area contributed by atoms with Gasteiger partial charge in [-0.25, -0.2) is 9.97 Å². The number of anilines is 2. The molecular weight excluding hydrogens is 380 g/mol. The Morgan fingerprint density at radius 2 is 1.93 bits per heavy atom. The lowest BCUT2D eigenvalue weighted by Gasteiger charge is -2.48. The lowest BCUT2D eigenvalue weighted by molar-refractivity contribution is 0.172. The molecule has 1 saturated heterocycles. The zero-order chi connectivity index (χ0) is 20.4. The fourth-order valence-electron chi connectivity index (χ4n) is 6.33. The molecule has 3 aliphatic rings. The fourth-order valence-corrected chi connectivity index (χ4v) is 6.51. The van der Waals surface area contributed by atoms with Crippen LogP contribution >= 0.6 is 11.6 Å². The second-order valence-electron chi connectivity index (χ2n) is 10.2. The van der Waals surface area contributed by atoms with Crippen molar-refractivity contribution in [3.05, 3.63) is 46.4 Å². The fraction of sp³-hybridized carbons (Fsp3) is 0.583. The molecule has 1 N–H and O–H groups in total. The highest BCUT2D eigenvalue weighted by Crippen LogP contribution is 2.58. The molecule has 5 heteroatoms. The molecule has 4 nitrogen and oxygen atoms in total. The predicted octanol–water partition coefficient (Wildman–Crippen LogP) is 5.37. The van der Waals surface area contributed by atoms with Gasteiger partial charge in [-0.15, -0.1) is 0 Å². The first-order chi connectivity index (χ1) is 13.8. The minimum atomic E-state index is 0.0858. The van der Waals surface area contributed by atoms with Crippen LogP contribution in [0.4, 0.5) is 11.5 Å². The van der Waals surface area contributed by atoms with Crippen molar-refractivity contribution in [1.82, 2.24) is 15.3 Å². The van der Waals surface area contributed by atoms with Gasteiger partial charge in [0, 0.05) is 27.4 Å². The number of piperidine rings is 1. The molecule has 1 aromatic carbocycles. The average Bonchev–Trinajstić information content (AvgIpc) is 3.19. The third kappa shape index (κ3) is 2.83. The van der Waals surface area contributed by atoms with Crippen molar-refractivity contribution in [2.75, 3.05) is 18.0 Å². The molecule has 1 spiro atoms. The van der Waals surface area contributed by atoms with Crippen LogP contribution in [-0.2, 0) is 11.8 Å². The lowest BCUT2D eigenvalue weighted by atomic mass is 9.63. The Bertz CT molecular complexity index is 942. The predicted molar refractivity (Wildman–Crippen MR) is 119 cm³/mol. The molecule has 0 saturated carbocycles. The van der Waals surface area contributed by atoms with Crippen LogP contribution in [-0.4, -0.2) is 29.1 Å².